The molecular formula is C30H37FN4O4. The topological polar surface area (TPSA) is 99.8 Å². The fourth-order valence-corrected chi connectivity index (χ4v) is 4.96. The maximum absolute atomic E-state index is 13.5. The summed E-state index contributed by atoms with van der Waals surface area (Å²) in [5.74, 6) is -1.12. The van der Waals surface area contributed by atoms with Crippen molar-refractivity contribution in [1.82, 2.24) is 15.7 Å². The number of anilines is 1. The Labute approximate surface area is 228 Å². The average Bonchev–Trinajstić information content (AvgIpc) is 3.40. The van der Waals surface area contributed by atoms with E-state index in [0.29, 0.717) is 37.2 Å². The number of allylic oxidation sites excluding steroid dienone is 1. The molecule has 0 radical (unpaired) electrons. The molecule has 39 heavy (non-hydrogen) atoms. The predicted molar refractivity (Wildman–Crippen MR) is 147 cm³/mol. The Hall–Kier alpha value is -3.88. The van der Waals surface area contributed by atoms with Crippen LogP contribution in [0.5, 0.6) is 5.75 Å². The van der Waals surface area contributed by atoms with Crippen molar-refractivity contribution < 1.29 is 23.6 Å². The number of amides is 3. The molecule has 0 bridgehead atoms. The average molecular weight is 537 g/mol. The van der Waals surface area contributed by atoms with E-state index in [9.17, 15) is 18.8 Å². The second-order valence-corrected chi connectivity index (χ2v) is 10.2. The molecule has 1 saturated carbocycles. The first kappa shape index (κ1) is 28.1. The van der Waals surface area contributed by atoms with Crippen LogP contribution >= 0.6 is 0 Å². The van der Waals surface area contributed by atoms with E-state index in [1.54, 1.807) is 36.4 Å². The zero-order chi connectivity index (χ0) is 27.7. The van der Waals surface area contributed by atoms with Gasteiger partial charge in [0.25, 0.3) is 5.91 Å². The van der Waals surface area contributed by atoms with Gasteiger partial charge in [0, 0.05) is 18.2 Å². The second-order valence-electron chi connectivity index (χ2n) is 10.2. The summed E-state index contributed by atoms with van der Waals surface area (Å²) in [6, 6.07) is 14.1. The van der Waals surface area contributed by atoms with Crippen LogP contribution in [0.4, 0.5) is 10.1 Å². The van der Waals surface area contributed by atoms with Gasteiger partial charge in [0.15, 0.2) is 5.75 Å². The Balaban J connectivity index is 1.39. The van der Waals surface area contributed by atoms with Crippen molar-refractivity contribution in [3.8, 4) is 5.75 Å². The van der Waals surface area contributed by atoms with E-state index in [1.807, 2.05) is 12.1 Å². The van der Waals surface area contributed by atoms with Gasteiger partial charge in [-0.2, -0.15) is 5.48 Å². The smallest absolute Gasteiger partial charge is 0.278 e. The van der Waals surface area contributed by atoms with Gasteiger partial charge in [-0.3, -0.25) is 14.4 Å². The third-order valence-corrected chi connectivity index (χ3v) is 7.26. The molecule has 2 fully saturated rings. The number of rotatable bonds is 13. The number of nitrogens with one attached hydrogen (secondary N) is 3. The van der Waals surface area contributed by atoms with Gasteiger partial charge in [0.2, 0.25) is 11.8 Å². The third-order valence-electron chi connectivity index (χ3n) is 7.26. The Morgan fingerprint density at radius 1 is 1.13 bits per heavy atom. The molecule has 1 saturated heterocycles. The first-order valence-corrected chi connectivity index (χ1v) is 13.7. The van der Waals surface area contributed by atoms with Crippen LogP contribution in [0, 0.1) is 11.7 Å². The molecule has 2 aromatic carbocycles. The number of hydrogen-bond donors (Lipinski definition) is 3. The van der Waals surface area contributed by atoms with Gasteiger partial charge in [-0.15, -0.1) is 0 Å². The van der Waals surface area contributed by atoms with Crippen molar-refractivity contribution in [2.45, 2.75) is 63.5 Å². The van der Waals surface area contributed by atoms with E-state index in [1.165, 1.54) is 17.0 Å². The highest BCUT2D eigenvalue weighted by Gasteiger charge is 2.61. The van der Waals surface area contributed by atoms with Crippen LogP contribution in [0.1, 0.15) is 51.9 Å². The van der Waals surface area contributed by atoms with Crippen molar-refractivity contribution in [2.24, 2.45) is 5.92 Å². The minimum Gasteiger partial charge on any atom is -0.379 e. The first-order chi connectivity index (χ1) is 18.9. The minimum absolute atomic E-state index is 0.0626. The van der Waals surface area contributed by atoms with Crippen molar-refractivity contribution >= 4 is 23.4 Å². The van der Waals surface area contributed by atoms with Crippen LogP contribution in [0.3, 0.4) is 0 Å². The maximum atomic E-state index is 13.5. The van der Waals surface area contributed by atoms with E-state index in [-0.39, 0.29) is 24.3 Å². The van der Waals surface area contributed by atoms with Crippen LogP contribution in [0.25, 0.3) is 0 Å². The van der Waals surface area contributed by atoms with Crippen LogP contribution < -0.4 is 21.0 Å². The fourth-order valence-electron chi connectivity index (χ4n) is 4.96. The van der Waals surface area contributed by atoms with Crippen molar-refractivity contribution in [2.75, 3.05) is 18.4 Å². The number of benzene rings is 2. The molecule has 8 nitrogen and oxygen atoms in total. The lowest BCUT2D eigenvalue weighted by Gasteiger charge is -2.27. The lowest BCUT2D eigenvalue weighted by Crippen LogP contribution is -2.56. The molecule has 1 aliphatic heterocycles. The van der Waals surface area contributed by atoms with Gasteiger partial charge in [-0.05, 0) is 62.4 Å². The third kappa shape index (κ3) is 7.37. The summed E-state index contributed by atoms with van der Waals surface area (Å²) in [5.41, 5.74) is 1.86. The molecule has 1 aliphatic carbocycles. The standard InChI is InChI=1S/C30H37FN4O4/c1-2-3-4-5-7-12-22-20-30(22,29(38)34-39-25-15-8-6-9-16-25)33-28(37)26-17-11-18-35(26)27(36)21-32-24-14-10-13-23(31)19-24/h6-10,12-16,19,22,26,32H,2-5,11,17-18,20-21H2,1H3,(H,33,37)(H,34,38)/b12-7-/t22-,26+,30-/m1/s1. The lowest BCUT2D eigenvalue weighted by molar-refractivity contribution is -0.140. The molecule has 2 aliphatic rings. The molecule has 9 heteroatoms. The summed E-state index contributed by atoms with van der Waals surface area (Å²) in [5, 5.41) is 5.89. The summed E-state index contributed by atoms with van der Waals surface area (Å²) in [6.45, 7) is 2.53. The van der Waals surface area contributed by atoms with Crippen LogP contribution in [-0.2, 0) is 14.4 Å². The lowest BCUT2D eigenvalue weighted by atomic mass is 10.1. The first-order valence-electron chi connectivity index (χ1n) is 13.7. The van der Waals surface area contributed by atoms with E-state index in [4.69, 9.17) is 4.84 Å². The van der Waals surface area contributed by atoms with E-state index in [2.05, 4.69) is 29.1 Å². The highest BCUT2D eigenvalue weighted by Crippen LogP contribution is 2.45. The molecule has 1 heterocycles. The van der Waals surface area contributed by atoms with Crippen molar-refractivity contribution in [1.29, 1.82) is 0 Å². The second kappa shape index (κ2) is 13.3. The monoisotopic (exact) mass is 536 g/mol. The molecule has 3 N–H and O–H groups in total. The van der Waals surface area contributed by atoms with E-state index in [0.717, 1.165) is 25.7 Å². The molecule has 208 valence electrons. The number of carbonyl (C=O) groups excluding carboxylic acids is 3. The number of nitrogens with zero attached hydrogens (tertiary/aromatic N) is 1. The summed E-state index contributed by atoms with van der Waals surface area (Å²) >= 11 is 0. The molecule has 0 spiro atoms. The Morgan fingerprint density at radius 3 is 2.72 bits per heavy atom. The molecule has 0 aromatic heterocycles. The van der Waals surface area contributed by atoms with Crippen molar-refractivity contribution in [3.05, 3.63) is 72.6 Å². The van der Waals surface area contributed by atoms with Gasteiger partial charge in [0.05, 0.1) is 6.54 Å². The van der Waals surface area contributed by atoms with Gasteiger partial charge < -0.3 is 20.4 Å². The highest BCUT2D eigenvalue weighted by molar-refractivity contribution is 5.97. The Bertz CT molecular complexity index is 1170. The highest BCUT2D eigenvalue weighted by atomic mass is 19.1. The quantitative estimate of drug-likeness (QED) is 0.201. The van der Waals surface area contributed by atoms with Crippen LogP contribution in [0.2, 0.25) is 0 Å². The van der Waals surface area contributed by atoms with Gasteiger partial charge in [-0.25, -0.2) is 4.39 Å². The number of para-hydroxylation sites is 1. The van der Waals surface area contributed by atoms with Crippen LogP contribution in [0.15, 0.2) is 66.7 Å². The fraction of sp³-hybridized carbons (Fsp3) is 0.433. The summed E-state index contributed by atoms with van der Waals surface area (Å²) < 4.78 is 13.5. The maximum Gasteiger partial charge on any atom is 0.278 e. The predicted octanol–water partition coefficient (Wildman–Crippen LogP) is 4.35. The minimum atomic E-state index is -1.13. The molecule has 4 rings (SSSR count). The number of likely N-dealkylation sites (tertiary alicyclic amines) is 1. The summed E-state index contributed by atoms with van der Waals surface area (Å²) in [4.78, 5) is 46.7. The van der Waals surface area contributed by atoms with E-state index >= 15 is 0 Å². The molecule has 0 unspecified atom stereocenters. The number of hydroxylamine groups is 1. The number of halogens is 1. The zero-order valence-corrected chi connectivity index (χ0v) is 22.3. The molecular weight excluding hydrogens is 499 g/mol. The summed E-state index contributed by atoms with van der Waals surface area (Å²) in [7, 11) is 0. The SMILES string of the molecule is CCCCC/C=C\[C@@H]1C[C@]1(NC(=O)[C@@H]1CCCN1C(=O)CNc1cccc(F)c1)C(=O)NOc1ccccc1. The number of unbranched alkanes of at least 4 members (excludes halogenated alkanes) is 3. The zero-order valence-electron chi connectivity index (χ0n) is 22.3. The number of carbonyl (C=O) groups is 3. The Morgan fingerprint density at radius 2 is 1.95 bits per heavy atom. The van der Waals surface area contributed by atoms with Gasteiger partial charge in [-0.1, -0.05) is 56.2 Å². The number of hydrogen-bond acceptors (Lipinski definition) is 5. The molecule has 3 amide bonds. The van der Waals surface area contributed by atoms with Crippen molar-refractivity contribution in [3.63, 3.8) is 0 Å². The van der Waals surface area contributed by atoms with E-state index < -0.39 is 23.3 Å². The van der Waals surface area contributed by atoms with Gasteiger partial charge in [0.1, 0.15) is 17.4 Å². The largest absolute Gasteiger partial charge is 0.379 e. The normalized spacial score (nSPS) is 21.9. The molecule has 2 aromatic rings. The Kier molecular flexibility index (Phi) is 9.57. The summed E-state index contributed by atoms with van der Waals surface area (Å²) in [6.07, 6.45) is 9.97. The molecule has 3 atom stereocenters. The van der Waals surface area contributed by atoms with Gasteiger partial charge >= 0.3 is 0 Å². The van der Waals surface area contributed by atoms with Crippen LogP contribution in [-0.4, -0.2) is 47.3 Å².